The number of anilines is 1. The first-order valence-electron chi connectivity index (χ1n) is 7.97. The van der Waals surface area contributed by atoms with Gasteiger partial charge in [-0.25, -0.2) is 0 Å². The molecule has 0 spiro atoms. The number of hydrogen-bond donors (Lipinski definition) is 2. The Bertz CT molecular complexity index is 743. The first-order valence-corrected chi connectivity index (χ1v) is 8.85. The first kappa shape index (κ1) is 16.7. The number of hydrogen-bond acceptors (Lipinski definition) is 4. The molecule has 1 fully saturated rings. The standard InChI is InChI=1S/C18H21N3O2S/c1-12-5-6-14(13(2)10-12)20-16(22)11-21-8-7-19-18(23)17(21)15-4-3-9-24-15/h3-6,9-10,17H,7-8,11H2,1-2H3,(H,19,23)(H,20,22)/t17-/m1/s1. The Morgan fingerprint density at radius 2 is 2.21 bits per heavy atom. The Morgan fingerprint density at radius 1 is 1.38 bits per heavy atom. The van der Waals surface area contributed by atoms with Crippen LogP contribution in [0.25, 0.3) is 0 Å². The second kappa shape index (κ2) is 7.15. The lowest BCUT2D eigenvalue weighted by molar-refractivity contribution is -0.130. The van der Waals surface area contributed by atoms with E-state index < -0.39 is 0 Å². The van der Waals surface area contributed by atoms with Crippen molar-refractivity contribution in [2.75, 3.05) is 25.0 Å². The summed E-state index contributed by atoms with van der Waals surface area (Å²) in [6.45, 7) is 5.43. The molecule has 2 N–H and O–H groups in total. The number of benzene rings is 1. The van der Waals surface area contributed by atoms with Gasteiger partial charge >= 0.3 is 0 Å². The van der Waals surface area contributed by atoms with E-state index in [0.717, 1.165) is 21.7 Å². The van der Waals surface area contributed by atoms with Crippen molar-refractivity contribution in [2.45, 2.75) is 19.9 Å². The average Bonchev–Trinajstić information content (AvgIpc) is 3.04. The molecule has 1 aromatic carbocycles. The molecule has 1 atom stereocenters. The van der Waals surface area contributed by atoms with Crippen LogP contribution >= 0.6 is 11.3 Å². The molecular formula is C18H21N3O2S. The number of piperazine rings is 1. The van der Waals surface area contributed by atoms with Gasteiger partial charge in [0.15, 0.2) is 0 Å². The molecule has 0 bridgehead atoms. The highest BCUT2D eigenvalue weighted by Crippen LogP contribution is 2.27. The second-order valence-corrected chi connectivity index (χ2v) is 7.03. The summed E-state index contributed by atoms with van der Waals surface area (Å²) < 4.78 is 0. The second-order valence-electron chi connectivity index (χ2n) is 6.05. The Labute approximate surface area is 145 Å². The van der Waals surface area contributed by atoms with E-state index in [2.05, 4.69) is 10.6 Å². The molecule has 0 radical (unpaired) electrons. The maximum absolute atomic E-state index is 12.5. The van der Waals surface area contributed by atoms with Gasteiger partial charge in [-0.3, -0.25) is 14.5 Å². The fourth-order valence-electron chi connectivity index (χ4n) is 2.97. The molecule has 1 aliphatic heterocycles. The third-order valence-corrected chi connectivity index (χ3v) is 5.05. The van der Waals surface area contributed by atoms with E-state index in [9.17, 15) is 9.59 Å². The van der Waals surface area contributed by atoms with E-state index >= 15 is 0 Å². The monoisotopic (exact) mass is 343 g/mol. The molecule has 2 amide bonds. The van der Waals surface area contributed by atoms with Crippen LogP contribution in [0.5, 0.6) is 0 Å². The highest BCUT2D eigenvalue weighted by Gasteiger charge is 2.32. The van der Waals surface area contributed by atoms with Crippen LogP contribution in [0.4, 0.5) is 5.69 Å². The van der Waals surface area contributed by atoms with Crippen LogP contribution in [0.15, 0.2) is 35.7 Å². The zero-order valence-electron chi connectivity index (χ0n) is 13.8. The molecule has 2 aromatic rings. The van der Waals surface area contributed by atoms with Crippen LogP contribution in [0.3, 0.4) is 0 Å². The zero-order valence-corrected chi connectivity index (χ0v) is 14.7. The van der Waals surface area contributed by atoms with Crippen LogP contribution in [0, 0.1) is 13.8 Å². The minimum Gasteiger partial charge on any atom is -0.353 e. The lowest BCUT2D eigenvalue weighted by Crippen LogP contribution is -2.51. The fourth-order valence-corrected chi connectivity index (χ4v) is 3.83. The molecule has 6 heteroatoms. The minimum atomic E-state index is -0.386. The molecule has 0 unspecified atom stereocenters. The SMILES string of the molecule is Cc1ccc(NC(=O)CN2CCNC(=O)[C@H]2c2cccs2)c(C)c1. The van der Waals surface area contributed by atoms with Gasteiger partial charge in [0.25, 0.3) is 0 Å². The summed E-state index contributed by atoms with van der Waals surface area (Å²) in [5, 5.41) is 7.79. The van der Waals surface area contributed by atoms with Gasteiger partial charge in [-0.15, -0.1) is 11.3 Å². The van der Waals surface area contributed by atoms with Crippen molar-refractivity contribution in [3.63, 3.8) is 0 Å². The summed E-state index contributed by atoms with van der Waals surface area (Å²) in [4.78, 5) is 27.6. The largest absolute Gasteiger partial charge is 0.353 e. The lowest BCUT2D eigenvalue weighted by atomic mass is 10.1. The van der Waals surface area contributed by atoms with E-state index in [1.54, 1.807) is 0 Å². The average molecular weight is 343 g/mol. The van der Waals surface area contributed by atoms with E-state index in [1.165, 1.54) is 11.3 Å². The number of aryl methyl sites for hydroxylation is 2. The van der Waals surface area contributed by atoms with Crippen LogP contribution < -0.4 is 10.6 Å². The van der Waals surface area contributed by atoms with Gasteiger partial charge in [0, 0.05) is 23.7 Å². The van der Waals surface area contributed by atoms with E-state index in [4.69, 9.17) is 0 Å². The Morgan fingerprint density at radius 3 is 2.92 bits per heavy atom. The molecule has 5 nitrogen and oxygen atoms in total. The molecule has 0 saturated carbocycles. The first-order chi connectivity index (χ1) is 11.5. The Balaban J connectivity index is 1.71. The normalized spacial score (nSPS) is 18.2. The molecule has 1 aromatic heterocycles. The minimum absolute atomic E-state index is 0.0389. The van der Waals surface area contributed by atoms with Gasteiger partial charge in [-0.1, -0.05) is 23.8 Å². The third kappa shape index (κ3) is 3.66. The number of thiophene rings is 1. The van der Waals surface area contributed by atoms with Crippen molar-refractivity contribution in [2.24, 2.45) is 0 Å². The smallest absolute Gasteiger partial charge is 0.242 e. The van der Waals surface area contributed by atoms with E-state index in [1.807, 2.05) is 54.5 Å². The third-order valence-electron chi connectivity index (χ3n) is 4.13. The van der Waals surface area contributed by atoms with E-state index in [0.29, 0.717) is 13.1 Å². The van der Waals surface area contributed by atoms with Gasteiger partial charge in [-0.05, 0) is 36.9 Å². The van der Waals surface area contributed by atoms with Crippen molar-refractivity contribution >= 4 is 28.8 Å². The number of nitrogens with zero attached hydrogens (tertiary/aromatic N) is 1. The van der Waals surface area contributed by atoms with E-state index in [-0.39, 0.29) is 24.4 Å². The molecule has 3 rings (SSSR count). The van der Waals surface area contributed by atoms with Crippen molar-refractivity contribution in [3.8, 4) is 0 Å². The summed E-state index contributed by atoms with van der Waals surface area (Å²) >= 11 is 1.54. The molecule has 1 aliphatic rings. The predicted molar refractivity (Wildman–Crippen MR) is 96.2 cm³/mol. The van der Waals surface area contributed by atoms with Gasteiger partial charge < -0.3 is 10.6 Å². The lowest BCUT2D eigenvalue weighted by Gasteiger charge is -2.33. The predicted octanol–water partition coefficient (Wildman–Crippen LogP) is 2.48. The van der Waals surface area contributed by atoms with Gasteiger partial charge in [0.2, 0.25) is 11.8 Å². The van der Waals surface area contributed by atoms with Crippen molar-refractivity contribution in [1.82, 2.24) is 10.2 Å². The zero-order chi connectivity index (χ0) is 17.1. The quantitative estimate of drug-likeness (QED) is 0.896. The summed E-state index contributed by atoms with van der Waals surface area (Å²) in [6.07, 6.45) is 0. The van der Waals surface area contributed by atoms with Crippen LogP contribution in [-0.2, 0) is 9.59 Å². The molecule has 2 heterocycles. The van der Waals surface area contributed by atoms with Gasteiger partial charge in [0.1, 0.15) is 6.04 Å². The molecule has 1 saturated heterocycles. The number of carbonyl (C=O) groups excluding carboxylic acids is 2. The van der Waals surface area contributed by atoms with Gasteiger partial charge in [0.05, 0.1) is 6.54 Å². The summed E-state index contributed by atoms with van der Waals surface area (Å²) in [6, 6.07) is 9.42. The Hall–Kier alpha value is -2.18. The highest BCUT2D eigenvalue weighted by molar-refractivity contribution is 7.10. The van der Waals surface area contributed by atoms with Crippen molar-refractivity contribution in [1.29, 1.82) is 0 Å². The van der Waals surface area contributed by atoms with Crippen molar-refractivity contribution in [3.05, 3.63) is 51.7 Å². The maximum atomic E-state index is 12.5. The van der Waals surface area contributed by atoms with Crippen molar-refractivity contribution < 1.29 is 9.59 Å². The molecular weight excluding hydrogens is 322 g/mol. The molecule has 0 aliphatic carbocycles. The van der Waals surface area contributed by atoms with Crippen LogP contribution in [0.2, 0.25) is 0 Å². The molecule has 126 valence electrons. The number of rotatable bonds is 4. The van der Waals surface area contributed by atoms with Crippen LogP contribution in [0.1, 0.15) is 22.0 Å². The Kier molecular flexibility index (Phi) is 4.97. The molecule has 24 heavy (non-hydrogen) atoms. The van der Waals surface area contributed by atoms with Crippen LogP contribution in [-0.4, -0.2) is 36.3 Å². The van der Waals surface area contributed by atoms with Gasteiger partial charge in [-0.2, -0.15) is 0 Å². The summed E-state index contributed by atoms with van der Waals surface area (Å²) in [7, 11) is 0. The number of carbonyl (C=O) groups is 2. The topological polar surface area (TPSA) is 61.4 Å². The summed E-state index contributed by atoms with van der Waals surface area (Å²) in [5.41, 5.74) is 3.02. The maximum Gasteiger partial charge on any atom is 0.242 e. The number of amides is 2. The fraction of sp³-hybridized carbons (Fsp3) is 0.333. The highest BCUT2D eigenvalue weighted by atomic mass is 32.1. The number of nitrogens with one attached hydrogen (secondary N) is 2. The summed E-state index contributed by atoms with van der Waals surface area (Å²) in [5.74, 6) is -0.138.